The molecule has 0 fully saturated rings. The maximum absolute atomic E-state index is 12.6. The maximum atomic E-state index is 12.6. The van der Waals surface area contributed by atoms with Gasteiger partial charge in [-0.15, -0.1) is 0 Å². The first-order valence-electron chi connectivity index (χ1n) is 9.72. The molecule has 7 nitrogen and oxygen atoms in total. The van der Waals surface area contributed by atoms with Crippen LogP contribution < -0.4 is 14.8 Å². The number of fused-ring (bicyclic) bond motifs is 2. The van der Waals surface area contributed by atoms with Crippen molar-refractivity contribution in [2.75, 3.05) is 19.0 Å². The monoisotopic (exact) mass is 420 g/mol. The van der Waals surface area contributed by atoms with E-state index in [1.807, 2.05) is 55.6 Å². The summed E-state index contributed by atoms with van der Waals surface area (Å²) in [7, 11) is 1.62. The van der Waals surface area contributed by atoms with Crippen LogP contribution in [0.4, 0.5) is 5.82 Å². The van der Waals surface area contributed by atoms with Gasteiger partial charge in [0.05, 0.1) is 30.1 Å². The van der Waals surface area contributed by atoms with Gasteiger partial charge in [-0.25, -0.2) is 4.98 Å². The molecule has 0 radical (unpaired) electrons. The van der Waals surface area contributed by atoms with Crippen LogP contribution in [0.2, 0.25) is 0 Å². The van der Waals surface area contributed by atoms with Gasteiger partial charge in [0, 0.05) is 17.9 Å². The van der Waals surface area contributed by atoms with E-state index in [0.717, 1.165) is 26.5 Å². The predicted molar refractivity (Wildman–Crippen MR) is 116 cm³/mol. The van der Waals surface area contributed by atoms with Gasteiger partial charge in [-0.3, -0.25) is 4.79 Å². The predicted octanol–water partition coefficient (Wildman–Crippen LogP) is 4.36. The Morgan fingerprint density at radius 1 is 1.23 bits per heavy atom. The van der Waals surface area contributed by atoms with Gasteiger partial charge in [-0.1, -0.05) is 29.5 Å². The topological polar surface area (TPSA) is 78.3 Å². The molecule has 1 amide bonds. The van der Waals surface area contributed by atoms with Crippen molar-refractivity contribution in [3.05, 3.63) is 59.8 Å². The highest BCUT2D eigenvalue weighted by Crippen LogP contribution is 2.41. The molecule has 2 aromatic heterocycles. The van der Waals surface area contributed by atoms with Crippen molar-refractivity contribution < 1.29 is 14.3 Å². The Hall–Kier alpha value is -3.39. The van der Waals surface area contributed by atoms with Crippen LogP contribution in [0.3, 0.4) is 0 Å². The number of rotatable bonds is 5. The van der Waals surface area contributed by atoms with E-state index in [1.165, 1.54) is 0 Å². The van der Waals surface area contributed by atoms with Crippen LogP contribution >= 0.6 is 11.3 Å². The van der Waals surface area contributed by atoms with E-state index in [4.69, 9.17) is 9.47 Å². The summed E-state index contributed by atoms with van der Waals surface area (Å²) in [5.41, 5.74) is 2.85. The smallest absolute Gasteiger partial charge is 0.226 e. The molecule has 8 heteroatoms. The number of nitrogens with one attached hydrogen (secondary N) is 1. The normalized spacial score (nSPS) is 15.7. The zero-order chi connectivity index (χ0) is 20.7. The second-order valence-corrected chi connectivity index (χ2v) is 7.98. The molecule has 1 atom stereocenters. The van der Waals surface area contributed by atoms with E-state index in [0.29, 0.717) is 30.3 Å². The molecule has 1 aliphatic rings. The minimum Gasteiger partial charge on any atom is -0.493 e. The number of anilines is 1. The minimum absolute atomic E-state index is 0.0526. The standard InChI is InChI=1S/C22H20N4O3S/c1-3-29-17-9-8-13(10-18(17)28-2)14-11-20(27)25-21-15(14)12-23-26(21)22-24-16-6-4-5-7-19(16)30-22/h4-10,12,14H,3,11H2,1-2H3,(H,25,27)/t14-/m1/s1. The first-order valence-corrected chi connectivity index (χ1v) is 10.5. The molecule has 0 spiro atoms. The number of thiazole rings is 1. The van der Waals surface area contributed by atoms with E-state index < -0.39 is 0 Å². The number of aromatic nitrogens is 3. The Morgan fingerprint density at radius 2 is 2.10 bits per heavy atom. The lowest BCUT2D eigenvalue weighted by Gasteiger charge is -2.24. The second kappa shape index (κ2) is 7.46. The summed E-state index contributed by atoms with van der Waals surface area (Å²) in [5, 5.41) is 8.27. The van der Waals surface area contributed by atoms with Gasteiger partial charge in [0.15, 0.2) is 11.5 Å². The number of carbonyl (C=O) groups is 1. The average molecular weight is 420 g/mol. The molecule has 3 heterocycles. The molecule has 0 unspecified atom stereocenters. The molecule has 0 saturated heterocycles. The maximum Gasteiger partial charge on any atom is 0.226 e. The van der Waals surface area contributed by atoms with Crippen molar-refractivity contribution in [3.8, 4) is 16.6 Å². The number of ether oxygens (including phenoxy) is 2. The summed E-state index contributed by atoms with van der Waals surface area (Å²) in [5.74, 6) is 1.84. The number of hydrogen-bond acceptors (Lipinski definition) is 6. The van der Waals surface area contributed by atoms with E-state index >= 15 is 0 Å². The van der Waals surface area contributed by atoms with Crippen LogP contribution in [0.1, 0.15) is 30.4 Å². The van der Waals surface area contributed by atoms with E-state index in [2.05, 4.69) is 15.4 Å². The molecule has 1 aliphatic heterocycles. The molecular formula is C22H20N4O3S. The molecule has 1 N–H and O–H groups in total. The fraction of sp³-hybridized carbons (Fsp3) is 0.227. The van der Waals surface area contributed by atoms with Crippen molar-refractivity contribution in [2.24, 2.45) is 0 Å². The summed E-state index contributed by atoms with van der Waals surface area (Å²) >= 11 is 1.54. The van der Waals surface area contributed by atoms with E-state index in [9.17, 15) is 4.79 Å². The molecule has 2 aromatic carbocycles. The Bertz CT molecular complexity index is 1210. The molecule has 0 aliphatic carbocycles. The zero-order valence-electron chi connectivity index (χ0n) is 16.6. The van der Waals surface area contributed by atoms with Crippen molar-refractivity contribution in [3.63, 3.8) is 0 Å². The van der Waals surface area contributed by atoms with Gasteiger partial charge < -0.3 is 14.8 Å². The average Bonchev–Trinajstić information content (AvgIpc) is 3.37. The Morgan fingerprint density at radius 3 is 2.90 bits per heavy atom. The van der Waals surface area contributed by atoms with E-state index in [1.54, 1.807) is 23.1 Å². The van der Waals surface area contributed by atoms with Crippen LogP contribution in [-0.2, 0) is 4.79 Å². The number of nitrogens with zero attached hydrogens (tertiary/aromatic N) is 3. The quantitative estimate of drug-likeness (QED) is 0.519. The second-order valence-electron chi connectivity index (χ2n) is 6.97. The number of para-hydroxylation sites is 1. The highest BCUT2D eigenvalue weighted by molar-refractivity contribution is 7.20. The van der Waals surface area contributed by atoms with Gasteiger partial charge in [0.1, 0.15) is 5.82 Å². The Balaban J connectivity index is 1.57. The van der Waals surface area contributed by atoms with Crippen LogP contribution in [0, 0.1) is 0 Å². The number of hydrogen-bond donors (Lipinski definition) is 1. The van der Waals surface area contributed by atoms with Crippen LogP contribution in [0.15, 0.2) is 48.7 Å². The zero-order valence-corrected chi connectivity index (χ0v) is 17.4. The molecule has 0 bridgehead atoms. The van der Waals surface area contributed by atoms with Crippen molar-refractivity contribution in [2.45, 2.75) is 19.3 Å². The largest absolute Gasteiger partial charge is 0.493 e. The first kappa shape index (κ1) is 18.6. The Labute approximate surface area is 177 Å². The summed E-state index contributed by atoms with van der Waals surface area (Å²) in [6, 6.07) is 13.8. The highest BCUT2D eigenvalue weighted by Gasteiger charge is 2.31. The molecule has 30 heavy (non-hydrogen) atoms. The Kier molecular flexibility index (Phi) is 4.63. The van der Waals surface area contributed by atoms with Gasteiger partial charge in [0.2, 0.25) is 11.0 Å². The van der Waals surface area contributed by atoms with Gasteiger partial charge in [-0.05, 0) is 36.8 Å². The third-order valence-electron chi connectivity index (χ3n) is 5.17. The number of benzene rings is 2. The summed E-state index contributed by atoms with van der Waals surface area (Å²) in [6.07, 6.45) is 2.16. The molecular weight excluding hydrogens is 400 g/mol. The number of methoxy groups -OCH3 is 1. The minimum atomic E-state index is -0.124. The molecule has 0 saturated carbocycles. The third-order valence-corrected chi connectivity index (χ3v) is 6.19. The van der Waals surface area contributed by atoms with Crippen LogP contribution in [0.25, 0.3) is 15.3 Å². The van der Waals surface area contributed by atoms with E-state index in [-0.39, 0.29) is 11.8 Å². The SMILES string of the molecule is CCOc1ccc([C@H]2CC(=O)Nc3c2cnn3-c2nc3ccccc3s2)cc1OC. The molecule has 152 valence electrons. The summed E-state index contributed by atoms with van der Waals surface area (Å²) < 4.78 is 13.9. The van der Waals surface area contributed by atoms with Gasteiger partial charge >= 0.3 is 0 Å². The number of amides is 1. The first-order chi connectivity index (χ1) is 14.7. The lowest BCUT2D eigenvalue weighted by molar-refractivity contribution is -0.116. The molecule has 5 rings (SSSR count). The third kappa shape index (κ3) is 3.09. The van der Waals surface area contributed by atoms with Gasteiger partial charge in [0.25, 0.3) is 0 Å². The van der Waals surface area contributed by atoms with Crippen molar-refractivity contribution in [1.82, 2.24) is 14.8 Å². The highest BCUT2D eigenvalue weighted by atomic mass is 32.1. The summed E-state index contributed by atoms with van der Waals surface area (Å²) in [4.78, 5) is 17.2. The lowest BCUT2D eigenvalue weighted by atomic mass is 9.87. The number of carbonyl (C=O) groups excluding carboxylic acids is 1. The van der Waals surface area contributed by atoms with Crippen molar-refractivity contribution >= 4 is 33.3 Å². The van der Waals surface area contributed by atoms with Crippen LogP contribution in [-0.4, -0.2) is 34.4 Å². The molecule has 4 aromatic rings. The lowest BCUT2D eigenvalue weighted by Crippen LogP contribution is -2.24. The fourth-order valence-corrected chi connectivity index (χ4v) is 4.72. The summed E-state index contributed by atoms with van der Waals surface area (Å²) in [6.45, 7) is 2.49. The van der Waals surface area contributed by atoms with Crippen molar-refractivity contribution in [1.29, 1.82) is 0 Å². The fourth-order valence-electron chi connectivity index (χ4n) is 3.79. The van der Waals surface area contributed by atoms with Gasteiger partial charge in [-0.2, -0.15) is 9.78 Å². The van der Waals surface area contributed by atoms with Crippen LogP contribution in [0.5, 0.6) is 11.5 Å².